The van der Waals surface area contributed by atoms with Gasteiger partial charge in [0, 0.05) is 24.5 Å². The predicted molar refractivity (Wildman–Crippen MR) is 69.9 cm³/mol. The first-order valence-corrected chi connectivity index (χ1v) is 6.05. The van der Waals surface area contributed by atoms with Crippen molar-refractivity contribution < 1.29 is 14.6 Å². The lowest BCUT2D eigenvalue weighted by Crippen LogP contribution is -2.36. The van der Waals surface area contributed by atoms with E-state index in [0.29, 0.717) is 0 Å². The Bertz CT molecular complexity index is 428. The highest BCUT2D eigenvalue weighted by Crippen LogP contribution is 2.24. The molecule has 0 atom stereocenters. The lowest BCUT2D eigenvalue weighted by Gasteiger charge is -2.29. The Labute approximate surface area is 106 Å². The topological polar surface area (TPSA) is 61.8 Å². The Morgan fingerprint density at radius 1 is 1.44 bits per heavy atom. The van der Waals surface area contributed by atoms with Crippen LogP contribution in [-0.2, 0) is 9.53 Å². The van der Waals surface area contributed by atoms with Gasteiger partial charge in [0.05, 0.1) is 13.2 Å². The summed E-state index contributed by atoms with van der Waals surface area (Å²) >= 11 is 0. The van der Waals surface area contributed by atoms with Crippen LogP contribution in [-0.4, -0.2) is 43.9 Å². The van der Waals surface area contributed by atoms with Crippen LogP contribution >= 0.6 is 0 Å². The Morgan fingerprint density at radius 2 is 2.17 bits per heavy atom. The first kappa shape index (κ1) is 12.9. The van der Waals surface area contributed by atoms with Gasteiger partial charge in [-0.2, -0.15) is 0 Å². The molecule has 2 rings (SSSR count). The minimum Gasteiger partial charge on any atom is -0.387 e. The highest BCUT2D eigenvalue weighted by Gasteiger charge is 2.12. The third-order valence-corrected chi connectivity index (χ3v) is 3.02. The molecule has 1 heterocycles. The van der Waals surface area contributed by atoms with Gasteiger partial charge in [0.25, 0.3) is 0 Å². The molecule has 0 unspecified atom stereocenters. The third-order valence-electron chi connectivity index (χ3n) is 3.02. The number of anilines is 2. The zero-order chi connectivity index (χ0) is 13.0. The molecule has 0 aliphatic carbocycles. The molecule has 1 aliphatic rings. The van der Waals surface area contributed by atoms with E-state index in [-0.39, 0.29) is 0 Å². The van der Waals surface area contributed by atoms with Gasteiger partial charge in [-0.05, 0) is 24.6 Å². The van der Waals surface area contributed by atoms with Gasteiger partial charge in [-0.3, -0.25) is 4.79 Å². The molecule has 18 heavy (non-hydrogen) atoms. The maximum atomic E-state index is 11.2. The lowest BCUT2D eigenvalue weighted by molar-refractivity contribution is -0.118. The summed E-state index contributed by atoms with van der Waals surface area (Å²) in [6.07, 6.45) is 0. The van der Waals surface area contributed by atoms with Crippen LogP contribution in [0.2, 0.25) is 0 Å². The quantitative estimate of drug-likeness (QED) is 0.831. The Balaban J connectivity index is 2.16. The van der Waals surface area contributed by atoms with Crippen molar-refractivity contribution in [3.05, 3.63) is 23.8 Å². The monoisotopic (exact) mass is 250 g/mol. The van der Waals surface area contributed by atoms with Gasteiger partial charge in [-0.1, -0.05) is 6.07 Å². The molecular weight excluding hydrogens is 232 g/mol. The Kier molecular flexibility index (Phi) is 4.17. The van der Waals surface area contributed by atoms with Gasteiger partial charge >= 0.3 is 0 Å². The standard InChI is InChI=1S/C13H18N2O3/c1-10-2-3-11(15-4-6-18-7-5-15)8-12(10)14-13(17)9-16/h2-3,8,16H,4-7,9H2,1H3,(H,14,17). The second kappa shape index (κ2) is 5.84. The van der Waals surface area contributed by atoms with Gasteiger partial charge in [0.15, 0.2) is 0 Å². The van der Waals surface area contributed by atoms with E-state index in [1.807, 2.05) is 25.1 Å². The Hall–Kier alpha value is -1.59. The lowest BCUT2D eigenvalue weighted by atomic mass is 10.1. The van der Waals surface area contributed by atoms with Crippen molar-refractivity contribution in [3.8, 4) is 0 Å². The zero-order valence-corrected chi connectivity index (χ0v) is 10.5. The van der Waals surface area contributed by atoms with Crippen LogP contribution in [0.4, 0.5) is 11.4 Å². The highest BCUT2D eigenvalue weighted by molar-refractivity contribution is 5.92. The van der Waals surface area contributed by atoms with E-state index < -0.39 is 12.5 Å². The molecule has 1 aromatic rings. The van der Waals surface area contributed by atoms with Crippen molar-refractivity contribution >= 4 is 17.3 Å². The molecule has 2 N–H and O–H groups in total. The molecule has 5 heteroatoms. The van der Waals surface area contributed by atoms with Gasteiger partial charge in [0.1, 0.15) is 6.61 Å². The zero-order valence-electron chi connectivity index (χ0n) is 10.5. The largest absolute Gasteiger partial charge is 0.387 e. The number of aliphatic hydroxyl groups excluding tert-OH is 1. The van der Waals surface area contributed by atoms with Gasteiger partial charge in [0.2, 0.25) is 5.91 Å². The molecule has 0 radical (unpaired) electrons. The van der Waals surface area contributed by atoms with Crippen molar-refractivity contribution in [1.29, 1.82) is 0 Å². The van der Waals surface area contributed by atoms with E-state index in [0.717, 1.165) is 43.2 Å². The number of hydrogen-bond acceptors (Lipinski definition) is 4. The minimum absolute atomic E-state index is 0.391. The molecule has 1 amide bonds. The summed E-state index contributed by atoms with van der Waals surface area (Å²) in [5.41, 5.74) is 2.80. The molecule has 0 spiro atoms. The van der Waals surface area contributed by atoms with E-state index in [2.05, 4.69) is 10.2 Å². The molecular formula is C13H18N2O3. The first-order valence-electron chi connectivity index (χ1n) is 6.05. The first-order chi connectivity index (χ1) is 8.70. The van der Waals surface area contributed by atoms with Gasteiger partial charge < -0.3 is 20.1 Å². The number of morpholine rings is 1. The molecule has 0 saturated carbocycles. The van der Waals surface area contributed by atoms with Crippen LogP contribution in [0.25, 0.3) is 0 Å². The number of rotatable bonds is 3. The molecule has 0 bridgehead atoms. The van der Waals surface area contributed by atoms with Gasteiger partial charge in [-0.15, -0.1) is 0 Å². The van der Waals surface area contributed by atoms with Crippen LogP contribution in [0.1, 0.15) is 5.56 Å². The number of nitrogens with zero attached hydrogens (tertiary/aromatic N) is 1. The third kappa shape index (κ3) is 3.00. The highest BCUT2D eigenvalue weighted by atomic mass is 16.5. The van der Waals surface area contributed by atoms with Crippen LogP contribution in [0.15, 0.2) is 18.2 Å². The van der Waals surface area contributed by atoms with Crippen LogP contribution in [0.5, 0.6) is 0 Å². The van der Waals surface area contributed by atoms with E-state index in [4.69, 9.17) is 9.84 Å². The van der Waals surface area contributed by atoms with Crippen LogP contribution < -0.4 is 10.2 Å². The van der Waals surface area contributed by atoms with E-state index in [1.54, 1.807) is 0 Å². The number of carbonyl (C=O) groups is 1. The molecule has 0 aromatic heterocycles. The number of hydrogen-bond donors (Lipinski definition) is 2. The molecule has 1 aromatic carbocycles. The average Bonchev–Trinajstić information content (AvgIpc) is 2.42. The summed E-state index contributed by atoms with van der Waals surface area (Å²) in [5, 5.41) is 11.5. The fourth-order valence-electron chi connectivity index (χ4n) is 1.95. The van der Waals surface area contributed by atoms with Crippen molar-refractivity contribution in [2.45, 2.75) is 6.92 Å². The van der Waals surface area contributed by atoms with Crippen LogP contribution in [0, 0.1) is 6.92 Å². The molecule has 1 fully saturated rings. The second-order valence-electron chi connectivity index (χ2n) is 4.30. The summed E-state index contributed by atoms with van der Waals surface area (Å²) in [4.78, 5) is 13.4. The maximum Gasteiger partial charge on any atom is 0.250 e. The number of benzene rings is 1. The normalized spacial score (nSPS) is 15.6. The fraction of sp³-hybridized carbons (Fsp3) is 0.462. The number of aryl methyl sites for hydroxylation is 1. The minimum atomic E-state index is -0.499. The molecule has 98 valence electrons. The maximum absolute atomic E-state index is 11.2. The van der Waals surface area contributed by atoms with E-state index in [1.165, 1.54) is 0 Å². The summed E-state index contributed by atoms with van der Waals surface area (Å²) in [6, 6.07) is 5.95. The fourth-order valence-corrected chi connectivity index (χ4v) is 1.95. The SMILES string of the molecule is Cc1ccc(N2CCOCC2)cc1NC(=O)CO. The average molecular weight is 250 g/mol. The smallest absolute Gasteiger partial charge is 0.250 e. The second-order valence-corrected chi connectivity index (χ2v) is 4.30. The summed E-state index contributed by atoms with van der Waals surface area (Å²) in [6.45, 7) is 4.60. The molecule has 1 saturated heterocycles. The summed E-state index contributed by atoms with van der Waals surface area (Å²) in [7, 11) is 0. The Morgan fingerprint density at radius 3 is 2.83 bits per heavy atom. The van der Waals surface area contributed by atoms with Gasteiger partial charge in [-0.25, -0.2) is 0 Å². The van der Waals surface area contributed by atoms with E-state index >= 15 is 0 Å². The van der Waals surface area contributed by atoms with Crippen molar-refractivity contribution in [3.63, 3.8) is 0 Å². The number of carbonyl (C=O) groups excluding carboxylic acids is 1. The molecule has 5 nitrogen and oxygen atoms in total. The number of nitrogens with one attached hydrogen (secondary N) is 1. The number of amides is 1. The number of aliphatic hydroxyl groups is 1. The van der Waals surface area contributed by atoms with E-state index in [9.17, 15) is 4.79 Å². The summed E-state index contributed by atoms with van der Waals surface area (Å²) < 4.78 is 5.31. The van der Waals surface area contributed by atoms with Crippen molar-refractivity contribution in [1.82, 2.24) is 0 Å². The summed E-state index contributed by atoms with van der Waals surface area (Å²) in [5.74, 6) is -0.391. The number of ether oxygens (including phenoxy) is 1. The van der Waals surface area contributed by atoms with Crippen molar-refractivity contribution in [2.24, 2.45) is 0 Å². The van der Waals surface area contributed by atoms with Crippen LogP contribution in [0.3, 0.4) is 0 Å². The predicted octanol–water partition coefficient (Wildman–Crippen LogP) is 0.762. The van der Waals surface area contributed by atoms with Crippen molar-refractivity contribution in [2.75, 3.05) is 43.1 Å². The molecule has 1 aliphatic heterocycles.